The third-order valence-electron chi connectivity index (χ3n) is 8.39. The van der Waals surface area contributed by atoms with Crippen LogP contribution in [0.5, 0.6) is 0 Å². The molecule has 0 amide bonds. The summed E-state index contributed by atoms with van der Waals surface area (Å²) in [6, 6.07) is 0. The van der Waals surface area contributed by atoms with Gasteiger partial charge in [-0.25, -0.2) is 4.57 Å². The predicted octanol–water partition coefficient (Wildman–Crippen LogP) is 10.7. The summed E-state index contributed by atoms with van der Waals surface area (Å²) in [6.45, 7) is 2.25. The van der Waals surface area contributed by atoms with Crippen LogP contribution < -0.4 is 0 Å². The van der Waals surface area contributed by atoms with E-state index >= 15 is 0 Å². The van der Waals surface area contributed by atoms with Gasteiger partial charge >= 0.3 is 19.8 Å². The number of hydrogen-bond acceptors (Lipinski definition) is 9. The van der Waals surface area contributed by atoms with Gasteiger partial charge in [0.1, 0.15) is 12.7 Å². The summed E-state index contributed by atoms with van der Waals surface area (Å²) in [6.07, 6.45) is 41.8. The molecule has 0 saturated carbocycles. The van der Waals surface area contributed by atoms with E-state index in [0.717, 1.165) is 89.9 Å². The molecule has 0 aliphatic rings. The number of carbonyl (C=O) groups excluding carboxylic acids is 2. The van der Waals surface area contributed by atoms with Gasteiger partial charge in [-0.2, -0.15) is 0 Å². The van der Waals surface area contributed by atoms with Gasteiger partial charge in [-0.05, 0) is 77.0 Å². The Morgan fingerprint density at radius 3 is 1.50 bits per heavy atom. The summed E-state index contributed by atoms with van der Waals surface area (Å²) in [5.74, 6) is -0.972. The largest absolute Gasteiger partial charge is 0.472 e. The van der Waals surface area contributed by atoms with Crippen LogP contribution in [0.1, 0.15) is 162 Å². The van der Waals surface area contributed by atoms with E-state index in [1.165, 1.54) is 32.1 Å². The monoisotopic (exact) mass is 783 g/mol. The van der Waals surface area contributed by atoms with Crippen LogP contribution in [0.15, 0.2) is 60.8 Å². The molecule has 0 aromatic carbocycles. The van der Waals surface area contributed by atoms with Crippen molar-refractivity contribution >= 4 is 19.8 Å². The maximum absolute atomic E-state index is 12.6. The molecule has 0 saturated heterocycles. The minimum absolute atomic E-state index is 0.153. The van der Waals surface area contributed by atoms with Crippen molar-refractivity contribution in [2.24, 2.45) is 0 Å². The molecule has 3 atom stereocenters. The summed E-state index contributed by atoms with van der Waals surface area (Å²) in [7, 11) is -4.63. The lowest BCUT2D eigenvalue weighted by atomic mass is 10.1. The van der Waals surface area contributed by atoms with Crippen molar-refractivity contribution in [3.63, 3.8) is 0 Å². The molecule has 0 spiro atoms. The first-order chi connectivity index (χ1) is 26.2. The number of rotatable bonds is 38. The second-order valence-corrected chi connectivity index (χ2v) is 15.1. The Labute approximate surface area is 327 Å². The molecule has 0 aliphatic heterocycles. The molecule has 0 aromatic heterocycles. The lowest BCUT2D eigenvalue weighted by Gasteiger charge is -2.20. The Bertz CT molecular complexity index is 1080. The standard InChI is InChI=1S/C43H75O10P/c1-3-5-7-9-11-13-15-17-19-20-21-23-25-27-29-31-33-35-43(47)53-41(39-52-54(48,49)51-37-40(45)36-44)38-50-42(46)34-32-30-28-26-24-22-18-16-14-12-10-8-6-4-2/h10-13,16-19,21,23,40-41,44-45H,3-9,14-15,20,22,24-39H2,1-2H3,(H,48,49)/b12-10+,13-11+,18-16+,19-17+,23-21+/t40-,41+/m0/s1. The van der Waals surface area contributed by atoms with E-state index in [9.17, 15) is 24.2 Å². The molecule has 312 valence electrons. The number of aliphatic hydroxyl groups excluding tert-OH is 2. The summed E-state index contributed by atoms with van der Waals surface area (Å²) in [5.41, 5.74) is 0. The summed E-state index contributed by atoms with van der Waals surface area (Å²) in [5, 5.41) is 18.3. The van der Waals surface area contributed by atoms with E-state index < -0.39 is 51.8 Å². The van der Waals surface area contributed by atoms with Crippen molar-refractivity contribution in [3.05, 3.63) is 60.8 Å². The predicted molar refractivity (Wildman–Crippen MR) is 219 cm³/mol. The minimum Gasteiger partial charge on any atom is -0.462 e. The van der Waals surface area contributed by atoms with E-state index in [1.807, 2.05) is 0 Å². The number of allylic oxidation sites excluding steroid dienone is 10. The van der Waals surface area contributed by atoms with Gasteiger partial charge in [0.2, 0.25) is 0 Å². The molecule has 10 nitrogen and oxygen atoms in total. The quantitative estimate of drug-likeness (QED) is 0.0239. The highest BCUT2D eigenvalue weighted by molar-refractivity contribution is 7.47. The lowest BCUT2D eigenvalue weighted by Crippen LogP contribution is -2.29. The molecule has 0 rings (SSSR count). The zero-order chi connectivity index (χ0) is 39.8. The normalized spacial score (nSPS) is 14.5. The van der Waals surface area contributed by atoms with Crippen LogP contribution in [0, 0.1) is 0 Å². The Morgan fingerprint density at radius 2 is 0.981 bits per heavy atom. The van der Waals surface area contributed by atoms with E-state index in [1.54, 1.807) is 0 Å². The second-order valence-electron chi connectivity index (χ2n) is 13.7. The van der Waals surface area contributed by atoms with Crippen molar-refractivity contribution in [3.8, 4) is 0 Å². The third kappa shape index (κ3) is 38.0. The SMILES string of the molecule is CCCC/C=C/C/C=C/CCCCCCCC(=O)OC[C@H](COP(=O)(O)OC[C@@H](O)CO)OC(=O)CCCCCC/C=C/C/C=C/C/C=C/CCCCC. The molecule has 0 aliphatic carbocycles. The minimum atomic E-state index is -4.63. The summed E-state index contributed by atoms with van der Waals surface area (Å²) < 4.78 is 32.6. The van der Waals surface area contributed by atoms with E-state index in [2.05, 4.69) is 79.1 Å². The fourth-order valence-electron chi connectivity index (χ4n) is 5.13. The Morgan fingerprint density at radius 1 is 0.556 bits per heavy atom. The number of ether oxygens (including phenoxy) is 2. The molecular weight excluding hydrogens is 707 g/mol. The molecule has 1 unspecified atom stereocenters. The first kappa shape index (κ1) is 51.7. The van der Waals surface area contributed by atoms with Gasteiger partial charge in [0.15, 0.2) is 6.10 Å². The number of aliphatic hydroxyl groups is 2. The smallest absolute Gasteiger partial charge is 0.462 e. The van der Waals surface area contributed by atoms with Gasteiger partial charge in [-0.3, -0.25) is 18.6 Å². The van der Waals surface area contributed by atoms with Crippen LogP contribution in [-0.4, -0.2) is 65.7 Å². The van der Waals surface area contributed by atoms with Crippen molar-refractivity contribution < 1.29 is 47.8 Å². The number of hydrogen-bond donors (Lipinski definition) is 3. The van der Waals surface area contributed by atoms with Crippen molar-refractivity contribution in [1.82, 2.24) is 0 Å². The number of phosphoric ester groups is 1. The van der Waals surface area contributed by atoms with Crippen molar-refractivity contribution in [2.45, 2.75) is 174 Å². The molecule has 54 heavy (non-hydrogen) atoms. The average molecular weight is 783 g/mol. The van der Waals surface area contributed by atoms with Gasteiger partial charge < -0.3 is 24.6 Å². The van der Waals surface area contributed by atoms with Crippen LogP contribution in [0.2, 0.25) is 0 Å². The highest BCUT2D eigenvalue weighted by atomic mass is 31.2. The van der Waals surface area contributed by atoms with Crippen molar-refractivity contribution in [2.75, 3.05) is 26.4 Å². The molecule has 0 bridgehead atoms. The van der Waals surface area contributed by atoms with Gasteiger partial charge in [-0.15, -0.1) is 0 Å². The second kappa shape index (κ2) is 38.9. The maximum atomic E-state index is 12.6. The topological polar surface area (TPSA) is 149 Å². The van der Waals surface area contributed by atoms with Crippen molar-refractivity contribution in [1.29, 1.82) is 0 Å². The van der Waals surface area contributed by atoms with Crippen LogP contribution >= 0.6 is 7.82 Å². The number of phosphoric acid groups is 1. The highest BCUT2D eigenvalue weighted by Crippen LogP contribution is 2.43. The summed E-state index contributed by atoms with van der Waals surface area (Å²) in [4.78, 5) is 34.9. The van der Waals surface area contributed by atoms with Crippen LogP contribution in [-0.2, 0) is 32.7 Å². The molecule has 0 heterocycles. The van der Waals surface area contributed by atoms with Crippen LogP contribution in [0.4, 0.5) is 0 Å². The molecule has 0 radical (unpaired) electrons. The average Bonchev–Trinajstić information content (AvgIpc) is 3.16. The van der Waals surface area contributed by atoms with E-state index in [-0.39, 0.29) is 19.4 Å². The molecule has 0 aromatic rings. The Kier molecular flexibility index (Phi) is 37.2. The Balaban J connectivity index is 4.41. The number of carbonyl (C=O) groups is 2. The first-order valence-corrected chi connectivity index (χ1v) is 22.2. The highest BCUT2D eigenvalue weighted by Gasteiger charge is 2.27. The Hall–Kier alpha value is -2.33. The van der Waals surface area contributed by atoms with Gasteiger partial charge in [0.25, 0.3) is 0 Å². The molecule has 11 heteroatoms. The zero-order valence-corrected chi connectivity index (χ0v) is 34.6. The van der Waals surface area contributed by atoms with Gasteiger partial charge in [0.05, 0.1) is 19.8 Å². The van der Waals surface area contributed by atoms with E-state index in [0.29, 0.717) is 12.8 Å². The van der Waals surface area contributed by atoms with Gasteiger partial charge in [-0.1, -0.05) is 132 Å². The summed E-state index contributed by atoms with van der Waals surface area (Å²) >= 11 is 0. The van der Waals surface area contributed by atoms with Gasteiger partial charge in [0, 0.05) is 12.8 Å². The zero-order valence-electron chi connectivity index (χ0n) is 33.7. The lowest BCUT2D eigenvalue weighted by molar-refractivity contribution is -0.161. The van der Waals surface area contributed by atoms with E-state index in [4.69, 9.17) is 19.1 Å². The first-order valence-electron chi connectivity index (χ1n) is 20.7. The third-order valence-corrected chi connectivity index (χ3v) is 9.35. The fraction of sp³-hybridized carbons (Fsp3) is 0.721. The molecule has 0 fully saturated rings. The number of unbranched alkanes of at least 4 members (excludes halogenated alkanes) is 14. The molecule has 3 N–H and O–H groups in total. The van der Waals surface area contributed by atoms with Crippen LogP contribution in [0.25, 0.3) is 0 Å². The maximum Gasteiger partial charge on any atom is 0.472 e. The molecular formula is C43H75O10P. The number of esters is 2. The fourth-order valence-corrected chi connectivity index (χ4v) is 5.92. The van der Waals surface area contributed by atoms with Crippen LogP contribution in [0.3, 0.4) is 0 Å².